The van der Waals surface area contributed by atoms with Gasteiger partial charge in [-0.05, 0) is 43.4 Å². The number of carbonyl (C=O) groups excluding carboxylic acids is 1. The summed E-state index contributed by atoms with van der Waals surface area (Å²) in [5, 5.41) is 2.92. The van der Waals surface area contributed by atoms with E-state index < -0.39 is 0 Å². The molecule has 1 amide bonds. The van der Waals surface area contributed by atoms with Crippen molar-refractivity contribution in [3.63, 3.8) is 0 Å². The number of piperidine rings is 1. The summed E-state index contributed by atoms with van der Waals surface area (Å²) in [6, 6.07) is 14.0. The van der Waals surface area contributed by atoms with Crippen molar-refractivity contribution in [2.45, 2.75) is 32.1 Å². The van der Waals surface area contributed by atoms with Gasteiger partial charge in [-0.15, -0.1) is 0 Å². The number of rotatable bonds is 5. The second-order valence-electron chi connectivity index (χ2n) is 5.99. The Morgan fingerprint density at radius 3 is 2.52 bits per heavy atom. The van der Waals surface area contributed by atoms with Gasteiger partial charge in [-0.1, -0.05) is 30.3 Å². The third-order valence-electron chi connectivity index (χ3n) is 4.20. The SMILES string of the molecule is O=C(CCc1ccccc1)Nc1ccc(N2CCCCC2)nc1. The summed E-state index contributed by atoms with van der Waals surface area (Å²) in [5.74, 6) is 1.04. The molecule has 0 unspecified atom stereocenters. The molecule has 1 aliphatic rings. The Morgan fingerprint density at radius 2 is 1.83 bits per heavy atom. The molecule has 0 spiro atoms. The predicted octanol–water partition coefficient (Wildman–Crippen LogP) is 3.64. The quantitative estimate of drug-likeness (QED) is 0.917. The average molecular weight is 309 g/mol. The molecule has 120 valence electrons. The first kappa shape index (κ1) is 15.5. The van der Waals surface area contributed by atoms with Crippen LogP contribution in [0.2, 0.25) is 0 Å². The van der Waals surface area contributed by atoms with Crippen LogP contribution in [0.1, 0.15) is 31.2 Å². The van der Waals surface area contributed by atoms with Crippen LogP contribution in [0.15, 0.2) is 48.7 Å². The Morgan fingerprint density at radius 1 is 1.04 bits per heavy atom. The Kier molecular flexibility index (Phi) is 5.25. The fraction of sp³-hybridized carbons (Fsp3) is 0.368. The van der Waals surface area contributed by atoms with Crippen LogP contribution < -0.4 is 10.2 Å². The van der Waals surface area contributed by atoms with E-state index >= 15 is 0 Å². The molecule has 0 bridgehead atoms. The number of aryl methyl sites for hydroxylation is 1. The molecule has 1 saturated heterocycles. The summed E-state index contributed by atoms with van der Waals surface area (Å²) in [7, 11) is 0. The van der Waals surface area contributed by atoms with Crippen molar-refractivity contribution in [2.75, 3.05) is 23.3 Å². The minimum absolute atomic E-state index is 0.0291. The van der Waals surface area contributed by atoms with Gasteiger partial charge >= 0.3 is 0 Å². The number of anilines is 2. The van der Waals surface area contributed by atoms with Gasteiger partial charge in [0.15, 0.2) is 0 Å². The van der Waals surface area contributed by atoms with E-state index in [0.717, 1.165) is 31.0 Å². The van der Waals surface area contributed by atoms with Gasteiger partial charge in [-0.25, -0.2) is 4.98 Å². The molecular weight excluding hydrogens is 286 g/mol. The highest BCUT2D eigenvalue weighted by Gasteiger charge is 2.12. The maximum Gasteiger partial charge on any atom is 0.224 e. The van der Waals surface area contributed by atoms with E-state index in [-0.39, 0.29) is 5.91 Å². The number of amides is 1. The van der Waals surface area contributed by atoms with E-state index in [0.29, 0.717) is 6.42 Å². The van der Waals surface area contributed by atoms with E-state index in [1.165, 1.54) is 24.8 Å². The molecule has 3 rings (SSSR count). The molecule has 1 aromatic heterocycles. The molecule has 2 heterocycles. The largest absolute Gasteiger partial charge is 0.357 e. The molecule has 1 aliphatic heterocycles. The number of carbonyl (C=O) groups is 1. The Labute approximate surface area is 137 Å². The van der Waals surface area contributed by atoms with Gasteiger partial charge < -0.3 is 10.2 Å². The van der Waals surface area contributed by atoms with Crippen LogP contribution in [0.5, 0.6) is 0 Å². The normalized spacial score (nSPS) is 14.5. The number of aromatic nitrogens is 1. The Hall–Kier alpha value is -2.36. The summed E-state index contributed by atoms with van der Waals surface area (Å²) in [4.78, 5) is 18.8. The monoisotopic (exact) mass is 309 g/mol. The van der Waals surface area contributed by atoms with Crippen molar-refractivity contribution in [1.82, 2.24) is 4.98 Å². The Bertz CT molecular complexity index is 619. The first-order valence-electron chi connectivity index (χ1n) is 8.36. The van der Waals surface area contributed by atoms with Crippen LogP contribution in [-0.4, -0.2) is 24.0 Å². The van der Waals surface area contributed by atoms with Crippen LogP contribution >= 0.6 is 0 Å². The highest BCUT2D eigenvalue weighted by molar-refractivity contribution is 5.90. The first-order chi connectivity index (χ1) is 11.3. The van der Waals surface area contributed by atoms with Gasteiger partial charge in [-0.2, -0.15) is 0 Å². The fourth-order valence-corrected chi connectivity index (χ4v) is 2.90. The molecule has 4 nitrogen and oxygen atoms in total. The highest BCUT2D eigenvalue weighted by Crippen LogP contribution is 2.19. The standard InChI is InChI=1S/C19H23N3O/c23-19(12-9-16-7-3-1-4-8-16)21-17-10-11-18(20-15-17)22-13-5-2-6-14-22/h1,3-4,7-8,10-11,15H,2,5-6,9,12-14H2,(H,21,23). The maximum atomic E-state index is 12.0. The molecule has 23 heavy (non-hydrogen) atoms. The zero-order chi connectivity index (χ0) is 15.9. The molecule has 0 aliphatic carbocycles. The highest BCUT2D eigenvalue weighted by atomic mass is 16.1. The van der Waals surface area contributed by atoms with E-state index in [9.17, 15) is 4.79 Å². The zero-order valence-corrected chi connectivity index (χ0v) is 13.4. The van der Waals surface area contributed by atoms with E-state index in [1.54, 1.807) is 6.20 Å². The number of hydrogen-bond acceptors (Lipinski definition) is 3. The molecule has 0 radical (unpaired) electrons. The molecule has 4 heteroatoms. The zero-order valence-electron chi connectivity index (χ0n) is 13.4. The first-order valence-corrected chi connectivity index (χ1v) is 8.36. The number of nitrogens with zero attached hydrogens (tertiary/aromatic N) is 2. The third-order valence-corrected chi connectivity index (χ3v) is 4.20. The van der Waals surface area contributed by atoms with Crippen LogP contribution in [-0.2, 0) is 11.2 Å². The third kappa shape index (κ3) is 4.55. The van der Waals surface area contributed by atoms with E-state index in [4.69, 9.17) is 0 Å². The second-order valence-corrected chi connectivity index (χ2v) is 5.99. The van der Waals surface area contributed by atoms with Gasteiger partial charge in [-0.3, -0.25) is 4.79 Å². The minimum Gasteiger partial charge on any atom is -0.357 e. The van der Waals surface area contributed by atoms with Crippen LogP contribution in [0, 0.1) is 0 Å². The Balaban J connectivity index is 1.50. The van der Waals surface area contributed by atoms with Gasteiger partial charge in [0, 0.05) is 19.5 Å². The molecule has 1 fully saturated rings. The minimum atomic E-state index is 0.0291. The fourth-order valence-electron chi connectivity index (χ4n) is 2.90. The van der Waals surface area contributed by atoms with Gasteiger partial charge in [0.1, 0.15) is 5.82 Å². The smallest absolute Gasteiger partial charge is 0.224 e. The van der Waals surface area contributed by atoms with Crippen molar-refractivity contribution in [1.29, 1.82) is 0 Å². The summed E-state index contributed by atoms with van der Waals surface area (Å²) in [6.07, 6.45) is 6.78. The van der Waals surface area contributed by atoms with E-state index in [2.05, 4.69) is 15.2 Å². The number of pyridine rings is 1. The molecule has 0 saturated carbocycles. The summed E-state index contributed by atoms with van der Waals surface area (Å²) >= 11 is 0. The van der Waals surface area contributed by atoms with Crippen molar-refractivity contribution in [2.24, 2.45) is 0 Å². The van der Waals surface area contributed by atoms with E-state index in [1.807, 2.05) is 42.5 Å². The number of nitrogens with one attached hydrogen (secondary N) is 1. The molecule has 1 aromatic carbocycles. The lowest BCUT2D eigenvalue weighted by Crippen LogP contribution is -2.30. The summed E-state index contributed by atoms with van der Waals surface area (Å²) in [5.41, 5.74) is 1.95. The van der Waals surface area contributed by atoms with Crippen LogP contribution in [0.25, 0.3) is 0 Å². The van der Waals surface area contributed by atoms with Crippen molar-refractivity contribution in [3.8, 4) is 0 Å². The lowest BCUT2D eigenvalue weighted by Gasteiger charge is -2.27. The van der Waals surface area contributed by atoms with Crippen molar-refractivity contribution >= 4 is 17.4 Å². The predicted molar refractivity (Wildman–Crippen MR) is 93.7 cm³/mol. The topological polar surface area (TPSA) is 45.2 Å². The summed E-state index contributed by atoms with van der Waals surface area (Å²) < 4.78 is 0. The second kappa shape index (κ2) is 7.77. The number of hydrogen-bond donors (Lipinski definition) is 1. The van der Waals surface area contributed by atoms with Gasteiger partial charge in [0.05, 0.1) is 11.9 Å². The van der Waals surface area contributed by atoms with Crippen molar-refractivity contribution in [3.05, 3.63) is 54.2 Å². The van der Waals surface area contributed by atoms with Gasteiger partial charge in [0.2, 0.25) is 5.91 Å². The maximum absolute atomic E-state index is 12.0. The molecular formula is C19H23N3O. The van der Waals surface area contributed by atoms with Gasteiger partial charge in [0.25, 0.3) is 0 Å². The number of benzene rings is 1. The molecule has 1 N–H and O–H groups in total. The van der Waals surface area contributed by atoms with Crippen LogP contribution in [0.3, 0.4) is 0 Å². The lowest BCUT2D eigenvalue weighted by atomic mass is 10.1. The summed E-state index contributed by atoms with van der Waals surface area (Å²) in [6.45, 7) is 2.16. The lowest BCUT2D eigenvalue weighted by molar-refractivity contribution is -0.116. The molecule has 2 aromatic rings. The molecule has 0 atom stereocenters. The van der Waals surface area contributed by atoms with Crippen molar-refractivity contribution < 1.29 is 4.79 Å². The van der Waals surface area contributed by atoms with Crippen LogP contribution in [0.4, 0.5) is 11.5 Å². The average Bonchev–Trinajstić information content (AvgIpc) is 2.62.